The lowest BCUT2D eigenvalue weighted by Gasteiger charge is -2.32. The van der Waals surface area contributed by atoms with Crippen LogP contribution in [0.3, 0.4) is 0 Å². The molecular formula is C19H22N2O4S. The fourth-order valence-corrected chi connectivity index (χ4v) is 4.79. The molecule has 0 saturated carbocycles. The van der Waals surface area contributed by atoms with Gasteiger partial charge in [0.05, 0.1) is 4.90 Å². The molecule has 2 aromatic rings. The number of sulfonamides is 1. The third-order valence-electron chi connectivity index (χ3n) is 4.59. The Balaban J connectivity index is 1.75. The number of phenolic OH excluding ortho intramolecular Hbond substituents is 1. The van der Waals surface area contributed by atoms with Gasteiger partial charge in [-0.3, -0.25) is 4.79 Å². The summed E-state index contributed by atoms with van der Waals surface area (Å²) in [7, 11) is -3.54. The Hall–Kier alpha value is -2.38. The van der Waals surface area contributed by atoms with Gasteiger partial charge in [-0.25, -0.2) is 8.42 Å². The Morgan fingerprint density at radius 2 is 1.73 bits per heavy atom. The van der Waals surface area contributed by atoms with Crippen molar-refractivity contribution in [3.8, 4) is 5.75 Å². The van der Waals surface area contributed by atoms with Crippen LogP contribution in [0.25, 0.3) is 0 Å². The van der Waals surface area contributed by atoms with Crippen LogP contribution in [0.4, 0.5) is 5.69 Å². The molecule has 1 aliphatic heterocycles. The number of phenols is 1. The molecule has 2 aromatic carbocycles. The molecule has 1 amide bonds. The number of piperidine rings is 1. The minimum Gasteiger partial charge on any atom is -0.508 e. The van der Waals surface area contributed by atoms with Crippen molar-refractivity contribution in [1.29, 1.82) is 0 Å². The van der Waals surface area contributed by atoms with Crippen molar-refractivity contribution >= 4 is 21.6 Å². The molecule has 1 atom stereocenters. The molecule has 1 heterocycles. The molecule has 138 valence electrons. The van der Waals surface area contributed by atoms with Gasteiger partial charge in [-0.05, 0) is 68.3 Å². The average molecular weight is 374 g/mol. The molecule has 0 radical (unpaired) electrons. The van der Waals surface area contributed by atoms with E-state index in [9.17, 15) is 18.3 Å². The first-order valence-electron chi connectivity index (χ1n) is 8.60. The van der Waals surface area contributed by atoms with Crippen molar-refractivity contribution in [3.05, 3.63) is 54.1 Å². The molecule has 1 saturated heterocycles. The van der Waals surface area contributed by atoms with Gasteiger partial charge in [-0.2, -0.15) is 4.31 Å². The highest BCUT2D eigenvalue weighted by atomic mass is 32.2. The standard InChI is InChI=1S/C19H22N2O4S/c1-14-4-2-3-13-21(14)26(24,25)18-11-5-15(6-12-18)19(23)20-16-7-9-17(22)10-8-16/h5-12,14,22H,2-4,13H2,1H3,(H,20,23)/t14-/m0/s1. The monoisotopic (exact) mass is 374 g/mol. The van der Waals surface area contributed by atoms with Crippen LogP contribution in [0, 0.1) is 0 Å². The smallest absolute Gasteiger partial charge is 0.255 e. The summed E-state index contributed by atoms with van der Waals surface area (Å²) in [6, 6.07) is 12.1. The van der Waals surface area contributed by atoms with Gasteiger partial charge in [0, 0.05) is 23.8 Å². The van der Waals surface area contributed by atoms with Crippen LogP contribution in [0.5, 0.6) is 5.75 Å². The van der Waals surface area contributed by atoms with Crippen LogP contribution in [0.2, 0.25) is 0 Å². The molecule has 1 fully saturated rings. The van der Waals surface area contributed by atoms with Crippen LogP contribution >= 0.6 is 0 Å². The van der Waals surface area contributed by atoms with E-state index in [1.807, 2.05) is 6.92 Å². The van der Waals surface area contributed by atoms with Gasteiger partial charge >= 0.3 is 0 Å². The number of amides is 1. The van der Waals surface area contributed by atoms with Crippen LogP contribution in [0.1, 0.15) is 36.5 Å². The van der Waals surface area contributed by atoms with Crippen molar-refractivity contribution in [1.82, 2.24) is 4.31 Å². The summed E-state index contributed by atoms with van der Waals surface area (Å²) >= 11 is 0. The van der Waals surface area contributed by atoms with Crippen LogP contribution in [0.15, 0.2) is 53.4 Å². The number of anilines is 1. The average Bonchev–Trinajstić information content (AvgIpc) is 2.64. The maximum Gasteiger partial charge on any atom is 0.255 e. The molecule has 6 nitrogen and oxygen atoms in total. The lowest BCUT2D eigenvalue weighted by molar-refractivity contribution is 0.102. The number of aromatic hydroxyl groups is 1. The summed E-state index contributed by atoms with van der Waals surface area (Å²) in [6.07, 6.45) is 2.78. The Kier molecular flexibility index (Phi) is 5.29. The van der Waals surface area contributed by atoms with E-state index in [1.54, 1.807) is 16.4 Å². The van der Waals surface area contributed by atoms with E-state index < -0.39 is 10.0 Å². The number of nitrogens with zero attached hydrogens (tertiary/aromatic N) is 1. The molecule has 1 aliphatic rings. The van der Waals surface area contributed by atoms with E-state index in [1.165, 1.54) is 36.4 Å². The fourth-order valence-electron chi connectivity index (χ4n) is 3.09. The number of hydrogen-bond acceptors (Lipinski definition) is 4. The number of carbonyl (C=O) groups excluding carboxylic acids is 1. The number of hydrogen-bond donors (Lipinski definition) is 2. The van der Waals surface area contributed by atoms with Crippen molar-refractivity contribution in [2.24, 2.45) is 0 Å². The van der Waals surface area contributed by atoms with Crippen LogP contribution in [-0.4, -0.2) is 36.3 Å². The summed E-state index contributed by atoms with van der Waals surface area (Å²) in [5, 5.41) is 12.0. The number of nitrogens with one attached hydrogen (secondary N) is 1. The zero-order valence-corrected chi connectivity index (χ0v) is 15.4. The summed E-state index contributed by atoms with van der Waals surface area (Å²) in [5.41, 5.74) is 0.912. The SMILES string of the molecule is C[C@H]1CCCCN1S(=O)(=O)c1ccc(C(=O)Nc2ccc(O)cc2)cc1. The minimum atomic E-state index is -3.54. The first-order chi connectivity index (χ1) is 12.4. The Bertz CT molecular complexity index is 877. The lowest BCUT2D eigenvalue weighted by Crippen LogP contribution is -2.41. The maximum atomic E-state index is 12.8. The first kappa shape index (κ1) is 18.4. The van der Waals surface area contributed by atoms with Gasteiger partial charge in [0.1, 0.15) is 5.75 Å². The number of benzene rings is 2. The van der Waals surface area contributed by atoms with Gasteiger partial charge in [0.15, 0.2) is 0 Å². The van der Waals surface area contributed by atoms with Gasteiger partial charge in [0.2, 0.25) is 10.0 Å². The van der Waals surface area contributed by atoms with E-state index in [4.69, 9.17) is 0 Å². The Labute approximate surface area is 153 Å². The van der Waals surface area contributed by atoms with Crippen molar-refractivity contribution in [3.63, 3.8) is 0 Å². The Morgan fingerprint density at radius 3 is 2.35 bits per heavy atom. The normalized spacial score (nSPS) is 18.4. The molecule has 26 heavy (non-hydrogen) atoms. The molecule has 0 aromatic heterocycles. The molecule has 0 aliphatic carbocycles. The second kappa shape index (κ2) is 7.47. The highest BCUT2D eigenvalue weighted by Gasteiger charge is 2.30. The number of carbonyl (C=O) groups is 1. The second-order valence-electron chi connectivity index (χ2n) is 6.49. The van der Waals surface area contributed by atoms with E-state index in [0.717, 1.165) is 19.3 Å². The van der Waals surface area contributed by atoms with Gasteiger partial charge < -0.3 is 10.4 Å². The topological polar surface area (TPSA) is 86.7 Å². The van der Waals surface area contributed by atoms with E-state index in [0.29, 0.717) is 17.8 Å². The number of rotatable bonds is 4. The minimum absolute atomic E-state index is 0.00813. The first-order valence-corrected chi connectivity index (χ1v) is 10.0. The molecule has 2 N–H and O–H groups in total. The molecule has 3 rings (SSSR count). The molecule has 7 heteroatoms. The summed E-state index contributed by atoms with van der Waals surface area (Å²) in [5.74, 6) is -0.226. The van der Waals surface area contributed by atoms with E-state index in [-0.39, 0.29) is 22.6 Å². The predicted octanol–water partition coefficient (Wildman–Crippen LogP) is 3.21. The summed E-state index contributed by atoms with van der Waals surface area (Å²) < 4.78 is 27.2. The van der Waals surface area contributed by atoms with Crippen LogP contribution in [-0.2, 0) is 10.0 Å². The Morgan fingerprint density at radius 1 is 1.08 bits per heavy atom. The van der Waals surface area contributed by atoms with Crippen molar-refractivity contribution in [2.75, 3.05) is 11.9 Å². The molecule has 0 bridgehead atoms. The second-order valence-corrected chi connectivity index (χ2v) is 8.38. The quantitative estimate of drug-likeness (QED) is 0.805. The molecular weight excluding hydrogens is 352 g/mol. The lowest BCUT2D eigenvalue weighted by atomic mass is 10.1. The predicted molar refractivity (Wildman–Crippen MR) is 99.7 cm³/mol. The van der Waals surface area contributed by atoms with Gasteiger partial charge in [-0.1, -0.05) is 6.42 Å². The highest BCUT2D eigenvalue weighted by molar-refractivity contribution is 7.89. The highest BCUT2D eigenvalue weighted by Crippen LogP contribution is 2.25. The van der Waals surface area contributed by atoms with Crippen LogP contribution < -0.4 is 5.32 Å². The van der Waals surface area contributed by atoms with Crippen molar-refractivity contribution < 1.29 is 18.3 Å². The fraction of sp³-hybridized carbons (Fsp3) is 0.316. The van der Waals surface area contributed by atoms with E-state index >= 15 is 0 Å². The maximum absolute atomic E-state index is 12.8. The van der Waals surface area contributed by atoms with Gasteiger partial charge in [-0.15, -0.1) is 0 Å². The summed E-state index contributed by atoms with van der Waals surface area (Å²) in [6.45, 7) is 2.46. The molecule has 0 spiro atoms. The van der Waals surface area contributed by atoms with E-state index in [2.05, 4.69) is 5.32 Å². The van der Waals surface area contributed by atoms with Gasteiger partial charge in [0.25, 0.3) is 5.91 Å². The third-order valence-corrected chi connectivity index (χ3v) is 6.62. The zero-order valence-electron chi connectivity index (χ0n) is 14.6. The van der Waals surface area contributed by atoms with Crippen molar-refractivity contribution in [2.45, 2.75) is 37.1 Å². The zero-order chi connectivity index (χ0) is 18.7. The third kappa shape index (κ3) is 3.89. The summed E-state index contributed by atoms with van der Waals surface area (Å²) in [4.78, 5) is 12.5. The molecule has 0 unspecified atom stereocenters. The largest absolute Gasteiger partial charge is 0.508 e.